The SMILES string of the molecule is CCn1cccc1CNCc1ncc(C)s1. The molecule has 0 aliphatic heterocycles. The van der Waals surface area contributed by atoms with E-state index in [4.69, 9.17) is 0 Å². The molecule has 0 aliphatic carbocycles. The van der Waals surface area contributed by atoms with Crippen LogP contribution in [0.3, 0.4) is 0 Å². The van der Waals surface area contributed by atoms with E-state index in [-0.39, 0.29) is 0 Å². The molecule has 2 aromatic rings. The van der Waals surface area contributed by atoms with Crippen molar-refractivity contribution >= 4 is 11.3 Å². The molecule has 2 rings (SSSR count). The largest absolute Gasteiger partial charge is 0.351 e. The van der Waals surface area contributed by atoms with Crippen LogP contribution in [0.5, 0.6) is 0 Å². The van der Waals surface area contributed by atoms with Crippen molar-refractivity contribution in [1.82, 2.24) is 14.9 Å². The minimum absolute atomic E-state index is 0.855. The predicted octanol–water partition coefficient (Wildman–Crippen LogP) is 2.56. The molecule has 2 heterocycles. The highest BCUT2D eigenvalue weighted by Crippen LogP contribution is 2.10. The fourth-order valence-electron chi connectivity index (χ4n) is 1.70. The summed E-state index contributed by atoms with van der Waals surface area (Å²) in [6.07, 6.45) is 4.04. The maximum Gasteiger partial charge on any atom is 0.107 e. The van der Waals surface area contributed by atoms with Crippen LogP contribution >= 0.6 is 11.3 Å². The zero-order valence-corrected chi connectivity index (χ0v) is 10.5. The van der Waals surface area contributed by atoms with Crippen LogP contribution in [0.4, 0.5) is 0 Å². The summed E-state index contributed by atoms with van der Waals surface area (Å²) in [5.41, 5.74) is 1.33. The Bertz CT molecular complexity index is 445. The van der Waals surface area contributed by atoms with E-state index in [0.717, 1.165) is 24.6 Å². The minimum atomic E-state index is 0.855. The predicted molar refractivity (Wildman–Crippen MR) is 67.5 cm³/mol. The second kappa shape index (κ2) is 5.27. The van der Waals surface area contributed by atoms with Crippen LogP contribution in [-0.2, 0) is 19.6 Å². The lowest BCUT2D eigenvalue weighted by Gasteiger charge is -2.06. The molecular formula is C12H17N3S. The molecule has 0 fully saturated rings. The van der Waals surface area contributed by atoms with Gasteiger partial charge in [-0.1, -0.05) is 0 Å². The summed E-state index contributed by atoms with van der Waals surface area (Å²) in [6.45, 7) is 7.03. The Morgan fingerprint density at radius 2 is 2.31 bits per heavy atom. The van der Waals surface area contributed by atoms with Crippen LogP contribution in [-0.4, -0.2) is 9.55 Å². The summed E-state index contributed by atoms with van der Waals surface area (Å²) in [5, 5.41) is 4.58. The van der Waals surface area contributed by atoms with Gasteiger partial charge in [-0.3, -0.25) is 0 Å². The highest BCUT2D eigenvalue weighted by molar-refractivity contribution is 7.11. The molecule has 0 aliphatic rings. The van der Waals surface area contributed by atoms with Crippen molar-refractivity contribution < 1.29 is 0 Å². The van der Waals surface area contributed by atoms with Gasteiger partial charge in [-0.25, -0.2) is 4.98 Å². The molecule has 0 spiro atoms. The third kappa shape index (κ3) is 2.71. The molecule has 0 amide bonds. The minimum Gasteiger partial charge on any atom is -0.351 e. The number of rotatable bonds is 5. The summed E-state index contributed by atoms with van der Waals surface area (Å²) in [6, 6.07) is 4.25. The number of hydrogen-bond donors (Lipinski definition) is 1. The van der Waals surface area contributed by atoms with Crippen LogP contribution in [0.1, 0.15) is 22.5 Å². The number of hydrogen-bond acceptors (Lipinski definition) is 3. The van der Waals surface area contributed by atoms with Gasteiger partial charge in [0.05, 0.1) is 0 Å². The van der Waals surface area contributed by atoms with Gasteiger partial charge in [0.25, 0.3) is 0 Å². The van der Waals surface area contributed by atoms with Gasteiger partial charge in [0.15, 0.2) is 0 Å². The normalized spacial score (nSPS) is 10.9. The topological polar surface area (TPSA) is 29.9 Å². The van der Waals surface area contributed by atoms with Gasteiger partial charge in [0.1, 0.15) is 5.01 Å². The number of nitrogens with zero attached hydrogens (tertiary/aromatic N) is 2. The quantitative estimate of drug-likeness (QED) is 0.863. The molecule has 0 bridgehead atoms. The highest BCUT2D eigenvalue weighted by Gasteiger charge is 2.00. The number of thiazole rings is 1. The van der Waals surface area contributed by atoms with E-state index >= 15 is 0 Å². The fraction of sp³-hybridized carbons (Fsp3) is 0.417. The van der Waals surface area contributed by atoms with E-state index in [1.165, 1.54) is 10.6 Å². The lowest BCUT2D eigenvalue weighted by Crippen LogP contribution is -2.15. The number of aryl methyl sites for hydroxylation is 2. The molecule has 1 N–H and O–H groups in total. The number of nitrogens with one attached hydrogen (secondary N) is 1. The Hall–Kier alpha value is -1.13. The Balaban J connectivity index is 1.84. The molecule has 3 nitrogen and oxygen atoms in total. The third-order valence-electron chi connectivity index (χ3n) is 2.52. The first-order valence-corrected chi connectivity index (χ1v) is 6.37. The third-order valence-corrected chi connectivity index (χ3v) is 3.43. The van der Waals surface area contributed by atoms with Gasteiger partial charge < -0.3 is 9.88 Å². The van der Waals surface area contributed by atoms with Crippen molar-refractivity contribution in [3.63, 3.8) is 0 Å². The van der Waals surface area contributed by atoms with E-state index in [9.17, 15) is 0 Å². The second-order valence-corrected chi connectivity index (χ2v) is 5.07. The van der Waals surface area contributed by atoms with E-state index < -0.39 is 0 Å². The maximum absolute atomic E-state index is 4.33. The van der Waals surface area contributed by atoms with Gasteiger partial charge in [0.2, 0.25) is 0 Å². The molecule has 0 aromatic carbocycles. The van der Waals surface area contributed by atoms with E-state index in [0.29, 0.717) is 0 Å². The highest BCUT2D eigenvalue weighted by atomic mass is 32.1. The summed E-state index contributed by atoms with van der Waals surface area (Å²) >= 11 is 1.75. The molecule has 0 radical (unpaired) electrons. The first-order chi connectivity index (χ1) is 7.79. The number of aromatic nitrogens is 2. The van der Waals surface area contributed by atoms with E-state index in [1.54, 1.807) is 11.3 Å². The summed E-state index contributed by atoms with van der Waals surface area (Å²) in [4.78, 5) is 5.60. The van der Waals surface area contributed by atoms with Crippen molar-refractivity contribution in [2.24, 2.45) is 0 Å². The summed E-state index contributed by atoms with van der Waals surface area (Å²) in [7, 11) is 0. The van der Waals surface area contributed by atoms with Crippen molar-refractivity contribution in [3.8, 4) is 0 Å². The Labute approximate surface area is 100 Å². The van der Waals surface area contributed by atoms with Gasteiger partial charge in [-0.05, 0) is 26.0 Å². The summed E-state index contributed by atoms with van der Waals surface area (Å²) in [5.74, 6) is 0. The van der Waals surface area contributed by atoms with Gasteiger partial charge in [0, 0.05) is 42.6 Å². The zero-order valence-electron chi connectivity index (χ0n) is 9.73. The molecular weight excluding hydrogens is 218 g/mol. The first kappa shape index (κ1) is 11.4. The first-order valence-electron chi connectivity index (χ1n) is 5.55. The molecule has 0 atom stereocenters. The lowest BCUT2D eigenvalue weighted by molar-refractivity contribution is 0.627. The zero-order chi connectivity index (χ0) is 11.4. The molecule has 4 heteroatoms. The van der Waals surface area contributed by atoms with Crippen molar-refractivity contribution in [3.05, 3.63) is 40.1 Å². The van der Waals surface area contributed by atoms with Crippen molar-refractivity contribution in [2.75, 3.05) is 0 Å². The molecule has 0 saturated heterocycles. The lowest BCUT2D eigenvalue weighted by atomic mass is 10.4. The van der Waals surface area contributed by atoms with Crippen molar-refractivity contribution in [1.29, 1.82) is 0 Å². The van der Waals surface area contributed by atoms with Crippen LogP contribution in [0.25, 0.3) is 0 Å². The Kier molecular flexibility index (Phi) is 3.74. The van der Waals surface area contributed by atoms with E-state index in [2.05, 4.69) is 47.0 Å². The Morgan fingerprint density at radius 3 is 3.00 bits per heavy atom. The standard InChI is InChI=1S/C12H17N3S/c1-3-15-6-4-5-11(15)8-13-9-12-14-7-10(2)16-12/h4-7,13H,3,8-9H2,1-2H3. The van der Waals surface area contributed by atoms with Crippen LogP contribution < -0.4 is 5.32 Å². The monoisotopic (exact) mass is 235 g/mol. The van der Waals surface area contributed by atoms with Crippen LogP contribution in [0.15, 0.2) is 24.5 Å². The maximum atomic E-state index is 4.33. The van der Waals surface area contributed by atoms with E-state index in [1.807, 2.05) is 6.20 Å². The van der Waals surface area contributed by atoms with Gasteiger partial charge >= 0.3 is 0 Å². The fourth-order valence-corrected chi connectivity index (χ4v) is 2.46. The van der Waals surface area contributed by atoms with Gasteiger partial charge in [-0.2, -0.15) is 0 Å². The average Bonchev–Trinajstić information content (AvgIpc) is 2.87. The smallest absolute Gasteiger partial charge is 0.107 e. The van der Waals surface area contributed by atoms with Crippen LogP contribution in [0, 0.1) is 6.92 Å². The molecule has 0 saturated carbocycles. The second-order valence-electron chi connectivity index (χ2n) is 3.75. The van der Waals surface area contributed by atoms with Crippen molar-refractivity contribution in [2.45, 2.75) is 33.5 Å². The van der Waals surface area contributed by atoms with Crippen LogP contribution in [0.2, 0.25) is 0 Å². The molecule has 16 heavy (non-hydrogen) atoms. The Morgan fingerprint density at radius 1 is 1.44 bits per heavy atom. The van der Waals surface area contributed by atoms with Gasteiger partial charge in [-0.15, -0.1) is 11.3 Å². The molecule has 2 aromatic heterocycles. The average molecular weight is 235 g/mol. The molecule has 0 unspecified atom stereocenters. The summed E-state index contributed by atoms with van der Waals surface area (Å²) < 4.78 is 2.25. The molecule has 86 valence electrons.